The topological polar surface area (TPSA) is 43.8 Å². The zero-order chi connectivity index (χ0) is 13.1. The fourth-order valence-electron chi connectivity index (χ4n) is 1.88. The molecule has 1 heterocycles. The molecule has 0 unspecified atom stereocenters. The molecule has 0 fully saturated rings. The van der Waals surface area contributed by atoms with Crippen molar-refractivity contribution in [1.29, 1.82) is 0 Å². The summed E-state index contributed by atoms with van der Waals surface area (Å²) < 4.78 is 15.9. The number of halogens is 2. The maximum absolute atomic E-state index is 13.0. The zero-order valence-corrected chi connectivity index (χ0v) is 11.7. The van der Waals surface area contributed by atoms with Crippen molar-refractivity contribution in [3.05, 3.63) is 51.8 Å². The molecule has 0 aliphatic rings. The average Bonchev–Trinajstić information content (AvgIpc) is 2.64. The zero-order valence-electron chi connectivity index (χ0n) is 10.2. The van der Waals surface area contributed by atoms with Gasteiger partial charge in [0.05, 0.1) is 12.2 Å². The van der Waals surface area contributed by atoms with Gasteiger partial charge in [-0.25, -0.2) is 9.37 Å². The Hall–Kier alpha value is -1.20. The Morgan fingerprint density at radius 2 is 2.17 bits per heavy atom. The first-order chi connectivity index (χ1) is 8.61. The van der Waals surface area contributed by atoms with Crippen molar-refractivity contribution >= 4 is 15.9 Å². The molecule has 2 aromatic rings. The third kappa shape index (κ3) is 2.79. The van der Waals surface area contributed by atoms with E-state index < -0.39 is 0 Å². The van der Waals surface area contributed by atoms with E-state index in [4.69, 9.17) is 5.73 Å². The van der Waals surface area contributed by atoms with Crippen molar-refractivity contribution in [2.24, 2.45) is 12.8 Å². The van der Waals surface area contributed by atoms with Gasteiger partial charge in [0, 0.05) is 7.05 Å². The lowest BCUT2D eigenvalue weighted by molar-refractivity contribution is 0.625. The van der Waals surface area contributed by atoms with Gasteiger partial charge < -0.3 is 10.3 Å². The van der Waals surface area contributed by atoms with Crippen LogP contribution in [0.15, 0.2) is 28.9 Å². The highest BCUT2D eigenvalue weighted by molar-refractivity contribution is 9.10. The Labute approximate surface area is 114 Å². The van der Waals surface area contributed by atoms with Crippen LogP contribution in [0.5, 0.6) is 0 Å². The number of benzene rings is 1. The molecular weight excluding hydrogens is 297 g/mol. The van der Waals surface area contributed by atoms with Crippen LogP contribution in [-0.2, 0) is 26.4 Å². The van der Waals surface area contributed by atoms with Gasteiger partial charge in [0.1, 0.15) is 16.2 Å². The van der Waals surface area contributed by atoms with Crippen LogP contribution in [0.4, 0.5) is 4.39 Å². The number of aromatic nitrogens is 2. The van der Waals surface area contributed by atoms with Gasteiger partial charge in [-0.2, -0.15) is 0 Å². The number of nitrogens with two attached hydrogens (primary N) is 1. The predicted molar refractivity (Wildman–Crippen MR) is 72.6 cm³/mol. The molecule has 0 saturated carbocycles. The van der Waals surface area contributed by atoms with Crippen LogP contribution in [0.1, 0.15) is 17.1 Å². The van der Waals surface area contributed by atoms with Crippen molar-refractivity contribution < 1.29 is 4.39 Å². The largest absolute Gasteiger partial charge is 0.325 e. The molecule has 5 heteroatoms. The molecule has 0 atom stereocenters. The molecule has 1 aromatic carbocycles. The SMILES string of the molecule is Cn1c(CN)nc(CCc2cccc(F)c2)c1Br. The van der Waals surface area contributed by atoms with Crippen molar-refractivity contribution in [1.82, 2.24) is 9.55 Å². The van der Waals surface area contributed by atoms with E-state index in [2.05, 4.69) is 20.9 Å². The smallest absolute Gasteiger partial charge is 0.123 e. The second-order valence-corrected chi connectivity index (χ2v) is 4.91. The molecule has 0 aliphatic carbocycles. The lowest BCUT2D eigenvalue weighted by atomic mass is 10.1. The van der Waals surface area contributed by atoms with Crippen molar-refractivity contribution in [3.63, 3.8) is 0 Å². The summed E-state index contributed by atoms with van der Waals surface area (Å²) >= 11 is 3.50. The molecule has 2 rings (SSSR count). The first-order valence-electron chi connectivity index (χ1n) is 5.76. The number of aryl methyl sites for hydroxylation is 2. The fourth-order valence-corrected chi connectivity index (χ4v) is 2.37. The lowest BCUT2D eigenvalue weighted by Crippen LogP contribution is -2.04. The van der Waals surface area contributed by atoms with Crippen molar-refractivity contribution in [3.8, 4) is 0 Å². The molecule has 0 bridgehead atoms. The van der Waals surface area contributed by atoms with E-state index in [1.165, 1.54) is 6.07 Å². The van der Waals surface area contributed by atoms with Crippen LogP contribution in [0.2, 0.25) is 0 Å². The Bertz CT molecular complexity index is 551. The van der Waals surface area contributed by atoms with Gasteiger partial charge in [-0.1, -0.05) is 12.1 Å². The van der Waals surface area contributed by atoms with Crippen LogP contribution >= 0.6 is 15.9 Å². The second-order valence-electron chi connectivity index (χ2n) is 4.16. The summed E-state index contributed by atoms with van der Waals surface area (Å²) in [7, 11) is 1.92. The van der Waals surface area contributed by atoms with Crippen LogP contribution in [0.3, 0.4) is 0 Å². The fraction of sp³-hybridized carbons (Fsp3) is 0.308. The number of imidazole rings is 1. The lowest BCUT2D eigenvalue weighted by Gasteiger charge is -2.01. The average molecular weight is 312 g/mol. The minimum Gasteiger partial charge on any atom is -0.325 e. The quantitative estimate of drug-likeness (QED) is 0.943. The molecule has 3 nitrogen and oxygen atoms in total. The molecule has 0 radical (unpaired) electrons. The summed E-state index contributed by atoms with van der Waals surface area (Å²) in [6.07, 6.45) is 1.52. The summed E-state index contributed by atoms with van der Waals surface area (Å²) in [5.74, 6) is 0.645. The maximum atomic E-state index is 13.0. The monoisotopic (exact) mass is 311 g/mol. The van der Waals surface area contributed by atoms with E-state index in [1.807, 2.05) is 17.7 Å². The third-order valence-electron chi connectivity index (χ3n) is 2.91. The minimum atomic E-state index is -0.199. The first kappa shape index (κ1) is 13.2. The van der Waals surface area contributed by atoms with E-state index in [0.717, 1.165) is 34.5 Å². The summed E-state index contributed by atoms with van der Waals surface area (Å²) in [5, 5.41) is 0. The Kier molecular flexibility index (Phi) is 4.14. The summed E-state index contributed by atoms with van der Waals surface area (Å²) in [6.45, 7) is 0.412. The van der Waals surface area contributed by atoms with Crippen molar-refractivity contribution in [2.45, 2.75) is 19.4 Å². The molecule has 0 aliphatic heterocycles. The number of hydrogen-bond acceptors (Lipinski definition) is 2. The van der Waals surface area contributed by atoms with E-state index >= 15 is 0 Å². The Morgan fingerprint density at radius 1 is 1.39 bits per heavy atom. The summed E-state index contributed by atoms with van der Waals surface area (Å²) in [6, 6.07) is 6.65. The van der Waals surface area contributed by atoms with Crippen LogP contribution in [0, 0.1) is 5.82 Å². The molecule has 96 valence electrons. The molecule has 0 spiro atoms. The van der Waals surface area contributed by atoms with Crippen LogP contribution in [-0.4, -0.2) is 9.55 Å². The summed E-state index contributed by atoms with van der Waals surface area (Å²) in [5.41, 5.74) is 7.54. The molecule has 0 saturated heterocycles. The predicted octanol–water partition coefficient (Wildman–Crippen LogP) is 2.57. The highest BCUT2D eigenvalue weighted by atomic mass is 79.9. The maximum Gasteiger partial charge on any atom is 0.123 e. The molecule has 0 amide bonds. The summed E-state index contributed by atoms with van der Waals surface area (Å²) in [4.78, 5) is 4.46. The van der Waals surface area contributed by atoms with Gasteiger partial charge in [0.25, 0.3) is 0 Å². The number of rotatable bonds is 4. The Morgan fingerprint density at radius 3 is 2.78 bits per heavy atom. The van der Waals surface area contributed by atoms with Crippen LogP contribution < -0.4 is 5.73 Å². The van der Waals surface area contributed by atoms with Gasteiger partial charge in [0.2, 0.25) is 0 Å². The Balaban J connectivity index is 2.11. The number of nitrogens with zero attached hydrogens (tertiary/aromatic N) is 2. The third-order valence-corrected chi connectivity index (χ3v) is 3.90. The van der Waals surface area contributed by atoms with Gasteiger partial charge in [-0.3, -0.25) is 0 Å². The molecule has 18 heavy (non-hydrogen) atoms. The highest BCUT2D eigenvalue weighted by Crippen LogP contribution is 2.19. The first-order valence-corrected chi connectivity index (χ1v) is 6.55. The molecular formula is C13H15BrFN3. The minimum absolute atomic E-state index is 0.199. The van der Waals surface area contributed by atoms with Gasteiger partial charge in [-0.05, 0) is 46.5 Å². The van der Waals surface area contributed by atoms with E-state index in [1.54, 1.807) is 12.1 Å². The van der Waals surface area contributed by atoms with Crippen LogP contribution in [0.25, 0.3) is 0 Å². The second kappa shape index (κ2) is 5.63. The molecule has 2 N–H and O–H groups in total. The van der Waals surface area contributed by atoms with E-state index in [0.29, 0.717) is 6.54 Å². The standard InChI is InChI=1S/C13H15BrFN3/c1-18-12(8-16)17-11(13(18)14)6-5-9-3-2-4-10(15)7-9/h2-4,7H,5-6,8,16H2,1H3. The van der Waals surface area contributed by atoms with Crippen molar-refractivity contribution in [2.75, 3.05) is 0 Å². The highest BCUT2D eigenvalue weighted by Gasteiger charge is 2.11. The van der Waals surface area contributed by atoms with Gasteiger partial charge in [0.15, 0.2) is 0 Å². The van der Waals surface area contributed by atoms with E-state index in [9.17, 15) is 4.39 Å². The van der Waals surface area contributed by atoms with Gasteiger partial charge in [-0.15, -0.1) is 0 Å². The normalized spacial score (nSPS) is 10.9. The molecule has 1 aromatic heterocycles. The number of hydrogen-bond donors (Lipinski definition) is 1. The van der Waals surface area contributed by atoms with E-state index in [-0.39, 0.29) is 5.82 Å². The van der Waals surface area contributed by atoms with Gasteiger partial charge >= 0.3 is 0 Å².